The van der Waals surface area contributed by atoms with Crippen LogP contribution in [0.5, 0.6) is 0 Å². The molecule has 4 aliphatic carbocycles. The maximum atomic E-state index is 13.8. The fraction of sp³-hybridized carbons (Fsp3) is 0.808. The first kappa shape index (κ1) is 33.8. The Morgan fingerprint density at radius 2 is 1.56 bits per heavy atom. The van der Waals surface area contributed by atoms with Crippen LogP contribution in [-0.2, 0) is 19.1 Å². The van der Waals surface area contributed by atoms with Gasteiger partial charge < -0.3 is 9.08 Å². The summed E-state index contributed by atoms with van der Waals surface area (Å²) < 4.78 is 172. The Morgan fingerprint density at radius 1 is 0.930 bits per heavy atom. The largest absolute Gasteiger partial charge is 0.534 e. The molecule has 0 unspecified atom stereocenters. The summed E-state index contributed by atoms with van der Waals surface area (Å²) >= 11 is 0. The van der Waals surface area contributed by atoms with Crippen LogP contribution in [0.3, 0.4) is 0 Å². The summed E-state index contributed by atoms with van der Waals surface area (Å²) in [6, 6.07) is 0. The summed E-state index contributed by atoms with van der Waals surface area (Å²) in [4.78, 5) is 12.9. The second kappa shape index (κ2) is 10.5. The molecule has 0 N–H and O–H groups in total. The van der Waals surface area contributed by atoms with Gasteiger partial charge in [-0.2, -0.15) is 56.7 Å². The van der Waals surface area contributed by atoms with Gasteiger partial charge in [0.05, 0.1) is 6.54 Å². The fourth-order valence-electron chi connectivity index (χ4n) is 7.94. The quantitative estimate of drug-likeness (QED) is 0.168. The van der Waals surface area contributed by atoms with E-state index >= 15 is 0 Å². The number of nitrogens with zero attached hydrogens (tertiary/aromatic N) is 1. The Labute approximate surface area is 240 Å². The van der Waals surface area contributed by atoms with Crippen molar-refractivity contribution >= 4 is 16.0 Å². The summed E-state index contributed by atoms with van der Waals surface area (Å²) in [5, 5.41) is 0. The number of allylic oxidation sites excluding steroid dienone is 4. The Balaban J connectivity index is 1.58. The summed E-state index contributed by atoms with van der Waals surface area (Å²) in [6.07, 6.45) is -6.96. The van der Waals surface area contributed by atoms with Crippen LogP contribution in [-0.4, -0.2) is 56.1 Å². The minimum absolute atomic E-state index is 0.00432. The predicted octanol–water partition coefficient (Wildman–Crippen LogP) is 7.51. The second-order valence-electron chi connectivity index (χ2n) is 12.5. The van der Waals surface area contributed by atoms with Crippen LogP contribution in [0.15, 0.2) is 23.5 Å². The van der Waals surface area contributed by atoms with Gasteiger partial charge in [-0.3, -0.25) is 4.79 Å². The first-order chi connectivity index (χ1) is 19.3. The zero-order valence-corrected chi connectivity index (χ0v) is 23.8. The van der Waals surface area contributed by atoms with Gasteiger partial charge in [-0.05, 0) is 78.8 Å². The normalized spacial score (nSPS) is 33.5. The van der Waals surface area contributed by atoms with Crippen LogP contribution >= 0.6 is 0 Å². The zero-order chi connectivity index (χ0) is 32.6. The lowest BCUT2D eigenvalue weighted by atomic mass is 9.48. The molecular weight excluding hydrogens is 631 g/mol. The number of hydrogen-bond acceptors (Lipinski definition) is 4. The molecule has 4 aliphatic rings. The topological polar surface area (TPSA) is 63.7 Å². The first-order valence-electron chi connectivity index (χ1n) is 13.5. The number of fused-ring (bicyclic) bond motifs is 5. The van der Waals surface area contributed by atoms with Crippen LogP contribution in [0.4, 0.5) is 48.3 Å². The molecule has 0 aromatic rings. The Morgan fingerprint density at radius 3 is 2.12 bits per heavy atom. The predicted molar refractivity (Wildman–Crippen MR) is 128 cm³/mol. The standard InChI is InChI=1S/C26H30F11NO4S/c1-21-9-7-15(42-43(40,41)26(35,36)37)11-14(21)3-4-16-17-5-6-19(22(17,2)10-8-18(16)21)20(39)38(13-24(29,30)31)12-23(27,28)25(32,33)34/h3,11,16-19H,4-10,12-13H2,1-2H3/t16-,17-,18-,19+,21-,22-/m0/s1. The van der Waals surface area contributed by atoms with Crippen LogP contribution < -0.4 is 0 Å². The van der Waals surface area contributed by atoms with Gasteiger partial charge >= 0.3 is 33.9 Å². The smallest absolute Gasteiger partial charge is 0.381 e. The van der Waals surface area contributed by atoms with Gasteiger partial charge in [-0.1, -0.05) is 19.9 Å². The van der Waals surface area contributed by atoms with Crippen molar-refractivity contribution in [2.45, 2.75) is 82.6 Å². The third kappa shape index (κ3) is 6.11. The number of halogens is 11. The van der Waals surface area contributed by atoms with Gasteiger partial charge in [0.1, 0.15) is 12.3 Å². The van der Waals surface area contributed by atoms with Crippen LogP contribution in [0.1, 0.15) is 58.8 Å². The lowest BCUT2D eigenvalue weighted by molar-refractivity contribution is -0.288. The molecule has 2 fully saturated rings. The van der Waals surface area contributed by atoms with E-state index in [2.05, 4.69) is 4.18 Å². The van der Waals surface area contributed by atoms with E-state index < -0.39 is 74.5 Å². The van der Waals surface area contributed by atoms with Gasteiger partial charge in [0, 0.05) is 12.3 Å². The molecule has 17 heteroatoms. The maximum Gasteiger partial charge on any atom is 0.534 e. The van der Waals surface area contributed by atoms with Crippen LogP contribution in [0.2, 0.25) is 0 Å². The van der Waals surface area contributed by atoms with Crippen molar-refractivity contribution in [3.8, 4) is 0 Å². The Hall–Kier alpha value is -2.07. The molecule has 0 aromatic heterocycles. The highest BCUT2D eigenvalue weighted by Gasteiger charge is 2.63. The highest BCUT2D eigenvalue weighted by Crippen LogP contribution is 2.66. The van der Waals surface area contributed by atoms with Crippen molar-refractivity contribution in [2.24, 2.45) is 34.5 Å². The monoisotopic (exact) mass is 661 g/mol. The van der Waals surface area contributed by atoms with Crippen molar-refractivity contribution in [3.63, 3.8) is 0 Å². The van der Waals surface area contributed by atoms with E-state index in [1.807, 2.05) is 6.92 Å². The molecule has 6 atom stereocenters. The molecule has 2 saturated carbocycles. The number of alkyl halides is 11. The molecule has 0 saturated heterocycles. The SMILES string of the molecule is C[C@]12CC[C@H]3[C@@H](CC=C4C=C(OS(=O)(=O)C(F)(F)F)CC[C@@]43C)[C@@H]1CC[C@@H]2C(=O)N(CC(F)(F)F)CC(F)(F)C(F)(F)F. The summed E-state index contributed by atoms with van der Waals surface area (Å²) in [5.74, 6) is -9.12. The molecule has 0 spiro atoms. The summed E-state index contributed by atoms with van der Waals surface area (Å²) in [5.41, 5.74) is -6.65. The van der Waals surface area contributed by atoms with Gasteiger partial charge in [-0.25, -0.2) is 0 Å². The van der Waals surface area contributed by atoms with E-state index in [0.29, 0.717) is 24.8 Å². The first-order valence-corrected chi connectivity index (χ1v) is 15.0. The van der Waals surface area contributed by atoms with E-state index in [1.165, 1.54) is 6.08 Å². The molecule has 0 aromatic carbocycles. The molecule has 1 amide bonds. The average molecular weight is 662 g/mol. The second-order valence-corrected chi connectivity index (χ2v) is 14.0. The molecule has 43 heavy (non-hydrogen) atoms. The number of carbonyl (C=O) groups is 1. The number of amides is 1. The van der Waals surface area contributed by atoms with Crippen molar-refractivity contribution < 1.29 is 65.7 Å². The van der Waals surface area contributed by atoms with Crippen LogP contribution in [0.25, 0.3) is 0 Å². The van der Waals surface area contributed by atoms with Crippen molar-refractivity contribution in [2.75, 3.05) is 13.1 Å². The molecule has 0 radical (unpaired) electrons. The van der Waals surface area contributed by atoms with Gasteiger partial charge in [0.2, 0.25) is 5.91 Å². The summed E-state index contributed by atoms with van der Waals surface area (Å²) in [7, 11) is -5.86. The van der Waals surface area contributed by atoms with Crippen molar-refractivity contribution in [3.05, 3.63) is 23.5 Å². The van der Waals surface area contributed by atoms with E-state index in [0.717, 1.165) is 0 Å². The van der Waals surface area contributed by atoms with Gasteiger partial charge in [0.15, 0.2) is 0 Å². The summed E-state index contributed by atoms with van der Waals surface area (Å²) in [6.45, 7) is -1.20. The third-order valence-corrected chi connectivity index (χ3v) is 11.0. The molecule has 0 heterocycles. The van der Waals surface area contributed by atoms with Gasteiger partial charge in [-0.15, -0.1) is 0 Å². The van der Waals surface area contributed by atoms with E-state index in [-0.39, 0.29) is 49.2 Å². The molecule has 0 aliphatic heterocycles. The molecule has 5 nitrogen and oxygen atoms in total. The molecule has 4 rings (SSSR count). The minimum atomic E-state index is -6.16. The Kier molecular flexibility index (Phi) is 8.25. The minimum Gasteiger partial charge on any atom is -0.381 e. The molecular formula is C26H30F11NO4S. The van der Waals surface area contributed by atoms with E-state index in [1.54, 1.807) is 13.0 Å². The third-order valence-electron chi connectivity index (χ3n) is 10.0. The zero-order valence-electron chi connectivity index (χ0n) is 23.0. The number of hydrogen-bond donors (Lipinski definition) is 0. The lowest BCUT2D eigenvalue weighted by Crippen LogP contribution is -2.55. The van der Waals surface area contributed by atoms with E-state index in [4.69, 9.17) is 0 Å². The molecule has 0 bridgehead atoms. The highest BCUT2D eigenvalue weighted by molar-refractivity contribution is 7.87. The average Bonchev–Trinajstić information content (AvgIpc) is 3.18. The fourth-order valence-corrected chi connectivity index (χ4v) is 8.44. The lowest BCUT2D eigenvalue weighted by Gasteiger charge is -2.57. The van der Waals surface area contributed by atoms with Gasteiger partial charge in [0.25, 0.3) is 0 Å². The number of rotatable bonds is 6. The number of carbonyl (C=O) groups excluding carboxylic acids is 1. The van der Waals surface area contributed by atoms with Crippen molar-refractivity contribution in [1.29, 1.82) is 0 Å². The van der Waals surface area contributed by atoms with E-state index in [9.17, 15) is 61.5 Å². The highest BCUT2D eigenvalue weighted by atomic mass is 32.2. The Bertz CT molecular complexity index is 1290. The molecule has 246 valence electrons. The maximum absolute atomic E-state index is 13.8. The van der Waals surface area contributed by atoms with Crippen LogP contribution in [0, 0.1) is 34.5 Å². The van der Waals surface area contributed by atoms with Crippen molar-refractivity contribution in [1.82, 2.24) is 4.90 Å².